The predicted molar refractivity (Wildman–Crippen MR) is 147 cm³/mol. The van der Waals surface area contributed by atoms with E-state index in [-0.39, 0.29) is 11.7 Å². The van der Waals surface area contributed by atoms with Crippen molar-refractivity contribution in [3.05, 3.63) is 99.9 Å². The lowest BCUT2D eigenvalue weighted by molar-refractivity contribution is -0.130. The van der Waals surface area contributed by atoms with Crippen molar-refractivity contribution in [3.63, 3.8) is 0 Å². The highest BCUT2D eigenvalue weighted by Gasteiger charge is 2.26. The van der Waals surface area contributed by atoms with Crippen LogP contribution in [0.2, 0.25) is 0 Å². The van der Waals surface area contributed by atoms with Gasteiger partial charge in [0, 0.05) is 37.5 Å². The van der Waals surface area contributed by atoms with Crippen molar-refractivity contribution in [3.8, 4) is 5.69 Å². The summed E-state index contributed by atoms with van der Waals surface area (Å²) in [6, 6.07) is 20.4. The van der Waals surface area contributed by atoms with Crippen LogP contribution >= 0.6 is 11.3 Å². The van der Waals surface area contributed by atoms with Crippen LogP contribution in [0, 0.1) is 12.7 Å². The molecule has 0 aliphatic carbocycles. The molecule has 0 spiro atoms. The fourth-order valence-electron chi connectivity index (χ4n) is 4.90. The molecule has 1 amide bonds. The molecule has 4 heterocycles. The molecule has 0 N–H and O–H groups in total. The molecule has 9 heteroatoms. The van der Waals surface area contributed by atoms with E-state index in [1.807, 2.05) is 47.5 Å². The zero-order valence-corrected chi connectivity index (χ0v) is 21.9. The maximum Gasteiger partial charge on any atom is 0.227 e. The van der Waals surface area contributed by atoms with Gasteiger partial charge in [-0.3, -0.25) is 4.79 Å². The summed E-state index contributed by atoms with van der Waals surface area (Å²) in [4.78, 5) is 28.1. The third-order valence-electron chi connectivity index (χ3n) is 6.84. The summed E-state index contributed by atoms with van der Waals surface area (Å²) in [5, 5.41) is 7.66. The Morgan fingerprint density at radius 1 is 0.947 bits per heavy atom. The highest BCUT2D eigenvalue weighted by Crippen LogP contribution is 2.30. The normalized spacial score (nSPS) is 13.8. The van der Waals surface area contributed by atoms with Crippen LogP contribution in [0.15, 0.2) is 72.1 Å². The summed E-state index contributed by atoms with van der Waals surface area (Å²) >= 11 is 1.61. The number of halogens is 1. The fraction of sp³-hybridized carbons (Fsp3) is 0.241. The van der Waals surface area contributed by atoms with Crippen LogP contribution in [0.5, 0.6) is 0 Å². The number of carbonyl (C=O) groups is 1. The van der Waals surface area contributed by atoms with E-state index in [1.165, 1.54) is 12.1 Å². The maximum atomic E-state index is 13.6. The summed E-state index contributed by atoms with van der Waals surface area (Å²) in [6.45, 7) is 4.57. The minimum atomic E-state index is -0.298. The number of anilines is 1. The van der Waals surface area contributed by atoms with E-state index in [4.69, 9.17) is 15.1 Å². The minimum Gasteiger partial charge on any atom is -0.352 e. The van der Waals surface area contributed by atoms with Gasteiger partial charge in [0.25, 0.3) is 0 Å². The Kier molecular flexibility index (Phi) is 6.59. The van der Waals surface area contributed by atoms with Gasteiger partial charge in [-0.05, 0) is 48.2 Å². The van der Waals surface area contributed by atoms with Gasteiger partial charge in [0.15, 0.2) is 5.65 Å². The van der Waals surface area contributed by atoms with E-state index in [0.29, 0.717) is 50.5 Å². The van der Waals surface area contributed by atoms with Crippen LogP contribution in [0.4, 0.5) is 10.2 Å². The van der Waals surface area contributed by atoms with Crippen LogP contribution in [-0.4, -0.2) is 56.7 Å². The van der Waals surface area contributed by atoms with E-state index in [1.54, 1.807) is 28.2 Å². The largest absolute Gasteiger partial charge is 0.352 e. The number of hydrogen-bond acceptors (Lipinski definition) is 6. The van der Waals surface area contributed by atoms with Gasteiger partial charge >= 0.3 is 0 Å². The number of aryl methyl sites for hydroxylation is 1. The van der Waals surface area contributed by atoms with Crippen molar-refractivity contribution in [2.75, 3.05) is 31.1 Å². The summed E-state index contributed by atoms with van der Waals surface area (Å²) in [7, 11) is 0. The van der Waals surface area contributed by atoms with Crippen LogP contribution in [0.25, 0.3) is 16.7 Å². The number of piperazine rings is 1. The first-order valence-corrected chi connectivity index (χ1v) is 13.5. The van der Waals surface area contributed by atoms with Crippen LogP contribution < -0.4 is 4.90 Å². The molecule has 0 bridgehead atoms. The van der Waals surface area contributed by atoms with Gasteiger partial charge in [-0.1, -0.05) is 36.4 Å². The number of rotatable bonds is 6. The molecule has 0 unspecified atom stereocenters. The van der Waals surface area contributed by atoms with Crippen molar-refractivity contribution in [2.45, 2.75) is 19.8 Å². The van der Waals surface area contributed by atoms with Crippen LogP contribution in [-0.2, 0) is 17.6 Å². The molecule has 2 aromatic carbocycles. The Balaban J connectivity index is 1.34. The molecule has 38 heavy (non-hydrogen) atoms. The van der Waals surface area contributed by atoms with E-state index in [2.05, 4.69) is 17.0 Å². The smallest absolute Gasteiger partial charge is 0.227 e. The highest BCUT2D eigenvalue weighted by molar-refractivity contribution is 7.10. The molecule has 192 valence electrons. The lowest BCUT2D eigenvalue weighted by Crippen LogP contribution is -2.49. The SMILES string of the molecule is Cc1nn(-c2ccc(F)cc2)c2nc(Cc3ccccc3)nc(N3CCN(C(=O)Cc4cccs4)CC3)c12. The van der Waals surface area contributed by atoms with E-state index in [0.717, 1.165) is 33.0 Å². The van der Waals surface area contributed by atoms with Crippen LogP contribution in [0.1, 0.15) is 22.0 Å². The third kappa shape index (κ3) is 4.89. The predicted octanol–water partition coefficient (Wildman–Crippen LogP) is 4.81. The zero-order valence-electron chi connectivity index (χ0n) is 21.0. The molecule has 0 saturated carbocycles. The van der Waals surface area contributed by atoms with Crippen LogP contribution in [0.3, 0.4) is 0 Å². The Bertz CT molecular complexity index is 1560. The molecule has 7 nitrogen and oxygen atoms in total. The summed E-state index contributed by atoms with van der Waals surface area (Å²) < 4.78 is 15.4. The molecule has 1 fully saturated rings. The Labute approximate surface area is 224 Å². The number of hydrogen-bond donors (Lipinski definition) is 0. The molecule has 1 aliphatic heterocycles. The van der Waals surface area contributed by atoms with Gasteiger partial charge in [-0.25, -0.2) is 19.0 Å². The number of amides is 1. The lowest BCUT2D eigenvalue weighted by atomic mass is 10.1. The van der Waals surface area contributed by atoms with Crippen molar-refractivity contribution >= 4 is 34.1 Å². The van der Waals surface area contributed by atoms with Gasteiger partial charge in [0.1, 0.15) is 17.5 Å². The first-order valence-electron chi connectivity index (χ1n) is 12.7. The van der Waals surface area contributed by atoms with Crippen molar-refractivity contribution in [1.82, 2.24) is 24.6 Å². The standard InChI is InChI=1S/C29H27FN6OS/c1-20-27-28(35-15-13-34(14-16-35)26(37)19-24-8-5-17-38-24)31-25(18-21-6-3-2-4-7-21)32-29(27)36(33-20)23-11-9-22(30)10-12-23/h2-12,17H,13-16,18-19H2,1H3. The molecule has 1 aliphatic rings. The average Bonchev–Trinajstić information content (AvgIpc) is 3.57. The fourth-order valence-corrected chi connectivity index (χ4v) is 5.59. The lowest BCUT2D eigenvalue weighted by Gasteiger charge is -2.35. The maximum absolute atomic E-state index is 13.6. The highest BCUT2D eigenvalue weighted by atomic mass is 32.1. The van der Waals surface area contributed by atoms with Crippen molar-refractivity contribution in [2.24, 2.45) is 0 Å². The molecular weight excluding hydrogens is 499 g/mol. The molecule has 3 aromatic heterocycles. The van der Waals surface area contributed by atoms with Gasteiger partial charge in [-0.2, -0.15) is 5.10 Å². The first kappa shape index (κ1) is 24.2. The molecule has 0 radical (unpaired) electrons. The van der Waals surface area contributed by atoms with E-state index in [9.17, 15) is 9.18 Å². The third-order valence-corrected chi connectivity index (χ3v) is 7.72. The molecular formula is C29H27FN6OS. The Morgan fingerprint density at radius 2 is 1.71 bits per heavy atom. The van der Waals surface area contributed by atoms with Crippen molar-refractivity contribution in [1.29, 1.82) is 0 Å². The second kappa shape index (κ2) is 10.3. The minimum absolute atomic E-state index is 0.157. The number of carbonyl (C=O) groups excluding carboxylic acids is 1. The number of aromatic nitrogens is 4. The first-order chi connectivity index (χ1) is 18.5. The van der Waals surface area contributed by atoms with Gasteiger partial charge in [-0.15, -0.1) is 11.3 Å². The zero-order chi connectivity index (χ0) is 26.1. The molecule has 5 aromatic rings. The Morgan fingerprint density at radius 3 is 2.42 bits per heavy atom. The van der Waals surface area contributed by atoms with Crippen molar-refractivity contribution < 1.29 is 9.18 Å². The molecule has 1 saturated heterocycles. The number of nitrogens with zero attached hydrogens (tertiary/aromatic N) is 6. The Hall–Kier alpha value is -4.11. The number of thiophene rings is 1. The van der Waals surface area contributed by atoms with Gasteiger partial charge in [0.2, 0.25) is 5.91 Å². The summed E-state index contributed by atoms with van der Waals surface area (Å²) in [5.41, 5.74) is 3.36. The molecule has 6 rings (SSSR count). The summed E-state index contributed by atoms with van der Waals surface area (Å²) in [5.74, 6) is 1.38. The average molecular weight is 527 g/mol. The molecule has 0 atom stereocenters. The second-order valence-corrected chi connectivity index (χ2v) is 10.5. The topological polar surface area (TPSA) is 67.2 Å². The second-order valence-electron chi connectivity index (χ2n) is 9.42. The summed E-state index contributed by atoms with van der Waals surface area (Å²) in [6.07, 6.45) is 1.02. The van der Waals surface area contributed by atoms with E-state index >= 15 is 0 Å². The number of fused-ring (bicyclic) bond motifs is 1. The monoisotopic (exact) mass is 526 g/mol. The van der Waals surface area contributed by atoms with Gasteiger partial charge < -0.3 is 9.80 Å². The van der Waals surface area contributed by atoms with E-state index < -0.39 is 0 Å². The van der Waals surface area contributed by atoms with Gasteiger partial charge in [0.05, 0.1) is 23.2 Å². The quantitative estimate of drug-likeness (QED) is 0.318. The number of benzene rings is 2.